The van der Waals surface area contributed by atoms with Crippen molar-refractivity contribution in [2.75, 3.05) is 25.0 Å². The van der Waals surface area contributed by atoms with Crippen molar-refractivity contribution in [3.63, 3.8) is 0 Å². The highest BCUT2D eigenvalue weighted by Crippen LogP contribution is 2.28. The molecule has 180 valence electrons. The van der Waals surface area contributed by atoms with Gasteiger partial charge in [0.15, 0.2) is 6.23 Å². The van der Waals surface area contributed by atoms with Crippen LogP contribution in [-0.2, 0) is 9.53 Å². The van der Waals surface area contributed by atoms with Gasteiger partial charge >= 0.3 is 6.09 Å². The number of anilines is 1. The fourth-order valence-corrected chi connectivity index (χ4v) is 5.52. The fraction of sp³-hybridized carbons (Fsp3) is 0.391. The van der Waals surface area contributed by atoms with Gasteiger partial charge in [0, 0.05) is 44.2 Å². The molecule has 0 bridgehead atoms. The molecule has 0 radical (unpaired) electrons. The molecule has 3 heterocycles. The number of hydrogen-bond donors (Lipinski definition) is 2. The minimum Gasteiger partial charge on any atom is -0.425 e. The van der Waals surface area contributed by atoms with E-state index in [-0.39, 0.29) is 30.2 Å². The molecule has 1 aromatic heterocycles. The van der Waals surface area contributed by atoms with Crippen LogP contribution in [0.2, 0.25) is 0 Å². The third-order valence-corrected chi connectivity index (χ3v) is 7.54. The largest absolute Gasteiger partial charge is 0.425 e. The zero-order chi connectivity index (χ0) is 24.4. The predicted octanol–water partition coefficient (Wildman–Crippen LogP) is 3.27. The van der Waals surface area contributed by atoms with Crippen LogP contribution in [0.1, 0.15) is 44.9 Å². The monoisotopic (exact) mass is 548 g/mol. The second-order valence-corrected chi connectivity index (χ2v) is 10.7. The number of amides is 4. The van der Waals surface area contributed by atoms with Crippen LogP contribution in [0, 0.1) is 6.92 Å². The van der Waals surface area contributed by atoms with Gasteiger partial charge in [-0.1, -0.05) is 0 Å². The zero-order valence-electron chi connectivity index (χ0n) is 18.8. The molecule has 9 nitrogen and oxygen atoms in total. The summed E-state index contributed by atoms with van der Waals surface area (Å²) in [6, 6.07) is 8.49. The van der Waals surface area contributed by atoms with Crippen LogP contribution in [0.15, 0.2) is 34.1 Å². The third-order valence-electron chi connectivity index (χ3n) is 5.92. The first-order valence-corrected chi connectivity index (χ1v) is 12.5. The van der Waals surface area contributed by atoms with Crippen molar-refractivity contribution in [3.8, 4) is 0 Å². The summed E-state index contributed by atoms with van der Waals surface area (Å²) in [6.45, 7) is 2.68. The molecule has 2 N–H and O–H groups in total. The number of halogens is 1. The lowest BCUT2D eigenvalue weighted by atomic mass is 10.1. The fourth-order valence-electron chi connectivity index (χ4n) is 4.23. The normalized spacial score (nSPS) is 19.9. The Morgan fingerprint density at radius 1 is 1.21 bits per heavy atom. The van der Waals surface area contributed by atoms with Crippen molar-refractivity contribution in [2.24, 2.45) is 0 Å². The van der Waals surface area contributed by atoms with Gasteiger partial charge in [-0.2, -0.15) is 0 Å². The van der Waals surface area contributed by atoms with Crippen molar-refractivity contribution in [3.05, 3.63) is 50.1 Å². The predicted molar refractivity (Wildman–Crippen MR) is 131 cm³/mol. The third kappa shape index (κ3) is 5.10. The number of carbonyl (C=O) groups excluding carboxylic acids is 4. The first kappa shape index (κ1) is 24.2. The van der Waals surface area contributed by atoms with Crippen LogP contribution < -0.4 is 15.5 Å². The number of aryl methyl sites for hydroxylation is 1. The van der Waals surface area contributed by atoms with Crippen LogP contribution in [0.3, 0.4) is 0 Å². The molecule has 2 aliphatic heterocycles. The lowest BCUT2D eigenvalue weighted by molar-refractivity contribution is -0.117. The van der Waals surface area contributed by atoms with Crippen LogP contribution in [0.5, 0.6) is 0 Å². The van der Waals surface area contributed by atoms with Gasteiger partial charge in [-0.25, -0.2) is 4.79 Å². The molecule has 1 unspecified atom stereocenters. The molecule has 2 saturated heterocycles. The lowest BCUT2D eigenvalue weighted by Gasteiger charge is -2.25. The smallest absolute Gasteiger partial charge is 0.408 e. The Labute approximate surface area is 209 Å². The van der Waals surface area contributed by atoms with Gasteiger partial charge < -0.3 is 25.2 Å². The first-order chi connectivity index (χ1) is 16.3. The summed E-state index contributed by atoms with van der Waals surface area (Å²) in [6.07, 6.45) is 0.388. The van der Waals surface area contributed by atoms with E-state index in [4.69, 9.17) is 4.74 Å². The summed E-state index contributed by atoms with van der Waals surface area (Å²) in [7, 11) is 1.48. The van der Waals surface area contributed by atoms with Crippen molar-refractivity contribution < 1.29 is 23.9 Å². The zero-order valence-corrected chi connectivity index (χ0v) is 21.2. The summed E-state index contributed by atoms with van der Waals surface area (Å²) in [5, 5.41) is 5.33. The first-order valence-electron chi connectivity index (χ1n) is 10.9. The lowest BCUT2D eigenvalue weighted by Crippen LogP contribution is -2.40. The molecular formula is C23H25BrN4O5S. The Hall–Kier alpha value is -2.92. The van der Waals surface area contributed by atoms with Crippen molar-refractivity contribution in [1.82, 2.24) is 15.5 Å². The molecule has 11 heteroatoms. The number of benzene rings is 1. The van der Waals surface area contributed by atoms with E-state index >= 15 is 0 Å². The number of carbonyl (C=O) groups is 4. The topological polar surface area (TPSA) is 108 Å². The molecule has 0 saturated carbocycles. The second-order valence-electron chi connectivity index (χ2n) is 8.23. The Morgan fingerprint density at radius 3 is 2.68 bits per heavy atom. The number of ether oxygens (including phenoxy) is 1. The number of thiophene rings is 1. The highest BCUT2D eigenvalue weighted by molar-refractivity contribution is 9.11. The van der Waals surface area contributed by atoms with E-state index < -0.39 is 12.3 Å². The van der Waals surface area contributed by atoms with Crippen LogP contribution >= 0.6 is 27.3 Å². The molecule has 2 fully saturated rings. The molecule has 2 atom stereocenters. The molecule has 2 aromatic rings. The maximum atomic E-state index is 13.1. The summed E-state index contributed by atoms with van der Waals surface area (Å²) >= 11 is 4.69. The van der Waals surface area contributed by atoms with Crippen molar-refractivity contribution in [1.29, 1.82) is 0 Å². The minimum atomic E-state index is -0.597. The van der Waals surface area contributed by atoms with Gasteiger partial charge in [0.2, 0.25) is 5.91 Å². The maximum Gasteiger partial charge on any atom is 0.408 e. The molecule has 4 amide bonds. The number of likely N-dealkylation sites (tertiary alicyclic amines) is 1. The minimum absolute atomic E-state index is 0.0882. The maximum absolute atomic E-state index is 13.1. The molecule has 34 heavy (non-hydrogen) atoms. The summed E-state index contributed by atoms with van der Waals surface area (Å²) in [5.74, 6) is -0.503. The standard InChI is InChI=1S/C23H25BrN4O5S/c1-13-10-15(5-6-16(13)22(31)27-9-3-4-20(27)33-23(32)25-2)28-12-14(11-19(28)29)26-21(30)17-7-8-18(24)34-17/h5-8,10,14,20H,3-4,9,11-12H2,1-2H3,(H,25,32)(H,26,30)/t14?,20-/m0/s1. The van der Waals surface area contributed by atoms with E-state index in [2.05, 4.69) is 26.6 Å². The summed E-state index contributed by atoms with van der Waals surface area (Å²) in [4.78, 5) is 53.6. The molecule has 1 aromatic carbocycles. The van der Waals surface area contributed by atoms with E-state index in [0.717, 1.165) is 15.8 Å². The van der Waals surface area contributed by atoms with E-state index in [9.17, 15) is 19.2 Å². The average Bonchev–Trinajstić information content (AvgIpc) is 3.53. The molecule has 2 aliphatic rings. The number of alkyl carbamates (subject to hydrolysis) is 1. The Balaban J connectivity index is 1.43. The van der Waals surface area contributed by atoms with Crippen LogP contribution in [-0.4, -0.2) is 61.1 Å². The van der Waals surface area contributed by atoms with E-state index in [1.807, 2.05) is 13.0 Å². The van der Waals surface area contributed by atoms with Crippen molar-refractivity contribution in [2.45, 2.75) is 38.5 Å². The van der Waals surface area contributed by atoms with Crippen LogP contribution in [0.4, 0.5) is 10.5 Å². The number of nitrogens with one attached hydrogen (secondary N) is 2. The van der Waals surface area contributed by atoms with Crippen LogP contribution in [0.25, 0.3) is 0 Å². The average molecular weight is 549 g/mol. The Bertz CT molecular complexity index is 1140. The quantitative estimate of drug-likeness (QED) is 0.596. The molecule has 0 spiro atoms. The highest BCUT2D eigenvalue weighted by atomic mass is 79.9. The number of hydrogen-bond acceptors (Lipinski definition) is 6. The van der Waals surface area contributed by atoms with Gasteiger partial charge in [-0.3, -0.25) is 14.4 Å². The van der Waals surface area contributed by atoms with Gasteiger partial charge in [-0.05, 0) is 65.2 Å². The van der Waals surface area contributed by atoms with E-state index in [0.29, 0.717) is 35.6 Å². The number of rotatable bonds is 5. The van der Waals surface area contributed by atoms with Gasteiger partial charge in [0.25, 0.3) is 11.8 Å². The SMILES string of the molecule is CNC(=O)O[C@H]1CCCN1C(=O)c1ccc(N2CC(NC(=O)c3ccc(Br)s3)CC2=O)cc1C. The molecule has 4 rings (SSSR count). The summed E-state index contributed by atoms with van der Waals surface area (Å²) < 4.78 is 6.19. The molecular weight excluding hydrogens is 524 g/mol. The van der Waals surface area contributed by atoms with E-state index in [1.54, 1.807) is 34.1 Å². The Morgan fingerprint density at radius 2 is 2.00 bits per heavy atom. The highest BCUT2D eigenvalue weighted by Gasteiger charge is 2.34. The second kappa shape index (κ2) is 10.1. The van der Waals surface area contributed by atoms with Gasteiger partial charge in [0.05, 0.1) is 14.7 Å². The molecule has 0 aliphatic carbocycles. The number of nitrogens with zero attached hydrogens (tertiary/aromatic N) is 2. The van der Waals surface area contributed by atoms with E-state index in [1.165, 1.54) is 18.4 Å². The van der Waals surface area contributed by atoms with Gasteiger partial charge in [-0.15, -0.1) is 11.3 Å². The van der Waals surface area contributed by atoms with Crippen molar-refractivity contribution >= 4 is 56.8 Å². The van der Waals surface area contributed by atoms with Gasteiger partial charge in [0.1, 0.15) is 0 Å². The Kier molecular flexibility index (Phi) is 7.22. The summed E-state index contributed by atoms with van der Waals surface area (Å²) in [5.41, 5.74) is 1.89.